The minimum Gasteiger partial charge on any atom is -0.507 e. The number of methoxy groups -OCH3 is 1. The van der Waals surface area contributed by atoms with E-state index >= 15 is 0 Å². The third-order valence-electron chi connectivity index (χ3n) is 2.95. The number of primary amides is 2. The largest absolute Gasteiger partial charge is 0.507 e. The lowest BCUT2D eigenvalue weighted by Gasteiger charge is -2.27. The van der Waals surface area contributed by atoms with Gasteiger partial charge in [-0.15, -0.1) is 0 Å². The molecule has 1 aromatic carbocycles. The molecule has 110 valence electrons. The Hall–Kier alpha value is -2.28. The van der Waals surface area contributed by atoms with Gasteiger partial charge < -0.3 is 21.3 Å². The lowest BCUT2D eigenvalue weighted by molar-refractivity contribution is -0.122. The highest BCUT2D eigenvalue weighted by Gasteiger charge is 2.22. The van der Waals surface area contributed by atoms with Crippen LogP contribution in [0.1, 0.15) is 18.5 Å². The number of phenols is 1. The summed E-state index contributed by atoms with van der Waals surface area (Å²) in [7, 11) is 1.49. The first kappa shape index (κ1) is 15.8. The molecule has 0 aliphatic carbocycles. The van der Waals surface area contributed by atoms with Gasteiger partial charge >= 0.3 is 0 Å². The van der Waals surface area contributed by atoms with Crippen LogP contribution in [0, 0.1) is 0 Å². The van der Waals surface area contributed by atoms with Gasteiger partial charge in [-0.3, -0.25) is 14.5 Å². The number of hydrogen-bond donors (Lipinski definition) is 3. The first-order valence-electron chi connectivity index (χ1n) is 6.02. The Balaban J connectivity index is 3.01. The van der Waals surface area contributed by atoms with Crippen molar-refractivity contribution in [2.24, 2.45) is 11.5 Å². The molecule has 7 nitrogen and oxygen atoms in total. The number of rotatable bonds is 7. The maximum atomic E-state index is 11.1. The number of phenolic OH excluding ortho intramolecular Hbond substituents is 1. The van der Waals surface area contributed by atoms with E-state index in [4.69, 9.17) is 16.2 Å². The molecular weight excluding hydrogens is 262 g/mol. The summed E-state index contributed by atoms with van der Waals surface area (Å²) < 4.78 is 5.00. The fraction of sp³-hybridized carbons (Fsp3) is 0.385. The predicted octanol–water partition coefficient (Wildman–Crippen LogP) is -0.266. The van der Waals surface area contributed by atoms with Crippen LogP contribution in [0.15, 0.2) is 18.2 Å². The third-order valence-corrected chi connectivity index (χ3v) is 2.95. The number of carbonyl (C=O) groups excluding carboxylic acids is 2. The van der Waals surface area contributed by atoms with E-state index in [1.807, 2.05) is 0 Å². The molecule has 0 saturated heterocycles. The van der Waals surface area contributed by atoms with Crippen LogP contribution in [-0.4, -0.2) is 42.0 Å². The summed E-state index contributed by atoms with van der Waals surface area (Å²) in [5.41, 5.74) is 10.9. The molecule has 2 amide bonds. The number of aromatic hydroxyl groups is 1. The number of hydrogen-bond acceptors (Lipinski definition) is 5. The van der Waals surface area contributed by atoms with Crippen LogP contribution in [0.2, 0.25) is 0 Å². The Kier molecular flexibility index (Phi) is 5.33. The van der Waals surface area contributed by atoms with Gasteiger partial charge in [0.15, 0.2) is 0 Å². The molecule has 7 heteroatoms. The quantitative estimate of drug-likeness (QED) is 0.636. The van der Waals surface area contributed by atoms with E-state index in [-0.39, 0.29) is 18.8 Å². The van der Waals surface area contributed by atoms with E-state index in [0.717, 1.165) is 0 Å². The number of nitrogens with two attached hydrogens (primary N) is 2. The van der Waals surface area contributed by atoms with Crippen LogP contribution in [0.5, 0.6) is 11.5 Å². The smallest absolute Gasteiger partial charge is 0.231 e. The second-order valence-corrected chi connectivity index (χ2v) is 4.44. The van der Waals surface area contributed by atoms with Gasteiger partial charge in [0, 0.05) is 17.7 Å². The number of nitrogens with zero attached hydrogens (tertiary/aromatic N) is 1. The molecule has 0 radical (unpaired) electrons. The van der Waals surface area contributed by atoms with Crippen LogP contribution < -0.4 is 16.2 Å². The van der Waals surface area contributed by atoms with Gasteiger partial charge in [0.25, 0.3) is 0 Å². The molecule has 0 fully saturated rings. The summed E-state index contributed by atoms with van der Waals surface area (Å²) in [5.74, 6) is -0.636. The van der Waals surface area contributed by atoms with Gasteiger partial charge in [0.05, 0.1) is 20.2 Å². The topological polar surface area (TPSA) is 119 Å². The average Bonchev–Trinajstić information content (AvgIpc) is 2.35. The molecule has 0 aliphatic rings. The van der Waals surface area contributed by atoms with E-state index in [1.165, 1.54) is 18.1 Å². The molecule has 5 N–H and O–H groups in total. The first-order chi connectivity index (χ1) is 9.35. The summed E-state index contributed by atoms with van der Waals surface area (Å²) in [5, 5.41) is 9.97. The minimum atomic E-state index is -0.578. The standard InChI is InChI=1S/C13H19N3O4/c1-8(16(6-12(14)18)7-13(15)19)10-4-3-9(20-2)5-11(10)17/h3-5,8,17H,6-7H2,1-2H3,(H2,14,18)(H2,15,19). The molecule has 0 bridgehead atoms. The van der Waals surface area contributed by atoms with E-state index in [1.54, 1.807) is 19.1 Å². The highest BCUT2D eigenvalue weighted by atomic mass is 16.5. The number of benzene rings is 1. The van der Waals surface area contributed by atoms with Gasteiger partial charge in [-0.25, -0.2) is 0 Å². The highest BCUT2D eigenvalue weighted by molar-refractivity contribution is 5.79. The van der Waals surface area contributed by atoms with Crippen molar-refractivity contribution in [3.05, 3.63) is 23.8 Å². The van der Waals surface area contributed by atoms with Crippen LogP contribution in [-0.2, 0) is 9.59 Å². The van der Waals surface area contributed by atoms with Gasteiger partial charge in [0.1, 0.15) is 11.5 Å². The normalized spacial score (nSPS) is 12.2. The zero-order valence-electron chi connectivity index (χ0n) is 11.5. The molecule has 20 heavy (non-hydrogen) atoms. The van der Waals surface area contributed by atoms with E-state index in [9.17, 15) is 14.7 Å². The number of ether oxygens (including phenoxy) is 1. The molecule has 0 saturated carbocycles. The minimum absolute atomic E-state index is 0.00999. The summed E-state index contributed by atoms with van der Waals surface area (Å²) >= 11 is 0. The van der Waals surface area contributed by atoms with E-state index in [0.29, 0.717) is 11.3 Å². The Bertz CT molecular complexity index is 488. The predicted molar refractivity (Wildman–Crippen MR) is 73.0 cm³/mol. The van der Waals surface area contributed by atoms with Crippen LogP contribution in [0.4, 0.5) is 0 Å². The summed E-state index contributed by atoms with van der Waals surface area (Å²) in [4.78, 5) is 23.6. The summed E-state index contributed by atoms with van der Waals surface area (Å²) in [6.07, 6.45) is 0. The van der Waals surface area contributed by atoms with E-state index < -0.39 is 17.9 Å². The SMILES string of the molecule is COc1ccc(C(C)N(CC(N)=O)CC(N)=O)c(O)c1. The van der Waals surface area contributed by atoms with Crippen LogP contribution >= 0.6 is 0 Å². The van der Waals surface area contributed by atoms with Crippen LogP contribution in [0.3, 0.4) is 0 Å². The summed E-state index contributed by atoms with van der Waals surface area (Å²) in [6.45, 7) is 1.48. The maximum absolute atomic E-state index is 11.1. The van der Waals surface area contributed by atoms with Gasteiger partial charge in [-0.05, 0) is 13.0 Å². The van der Waals surface area contributed by atoms with Crippen molar-refractivity contribution in [3.63, 3.8) is 0 Å². The van der Waals surface area contributed by atoms with Crippen molar-refractivity contribution in [2.75, 3.05) is 20.2 Å². The Morgan fingerprint density at radius 2 is 1.85 bits per heavy atom. The molecule has 0 heterocycles. The molecule has 0 aliphatic heterocycles. The third kappa shape index (κ3) is 4.13. The fourth-order valence-corrected chi connectivity index (χ4v) is 1.93. The second kappa shape index (κ2) is 6.76. The number of amides is 2. The molecule has 1 unspecified atom stereocenters. The van der Waals surface area contributed by atoms with Gasteiger partial charge in [-0.2, -0.15) is 0 Å². The summed E-state index contributed by atoms with van der Waals surface area (Å²) in [6, 6.07) is 4.39. The van der Waals surface area contributed by atoms with Crippen molar-refractivity contribution < 1.29 is 19.4 Å². The molecule has 1 aromatic rings. The van der Waals surface area contributed by atoms with Gasteiger partial charge in [0.2, 0.25) is 11.8 Å². The highest BCUT2D eigenvalue weighted by Crippen LogP contribution is 2.31. The molecule has 1 rings (SSSR count). The van der Waals surface area contributed by atoms with Crippen molar-refractivity contribution in [2.45, 2.75) is 13.0 Å². The van der Waals surface area contributed by atoms with Crippen LogP contribution in [0.25, 0.3) is 0 Å². The lowest BCUT2D eigenvalue weighted by atomic mass is 10.1. The monoisotopic (exact) mass is 281 g/mol. The molecule has 0 spiro atoms. The van der Waals surface area contributed by atoms with Crippen molar-refractivity contribution in [3.8, 4) is 11.5 Å². The lowest BCUT2D eigenvalue weighted by Crippen LogP contribution is -2.41. The molecule has 0 aromatic heterocycles. The molecular formula is C13H19N3O4. The number of carbonyl (C=O) groups is 2. The van der Waals surface area contributed by atoms with Crippen molar-refractivity contribution in [1.29, 1.82) is 0 Å². The Labute approximate surface area is 117 Å². The Morgan fingerprint density at radius 1 is 1.30 bits per heavy atom. The van der Waals surface area contributed by atoms with Crippen molar-refractivity contribution >= 4 is 11.8 Å². The maximum Gasteiger partial charge on any atom is 0.231 e. The second-order valence-electron chi connectivity index (χ2n) is 4.44. The van der Waals surface area contributed by atoms with Crippen molar-refractivity contribution in [1.82, 2.24) is 4.90 Å². The van der Waals surface area contributed by atoms with E-state index in [2.05, 4.69) is 0 Å². The first-order valence-corrected chi connectivity index (χ1v) is 6.02. The Morgan fingerprint density at radius 3 is 2.25 bits per heavy atom. The molecule has 1 atom stereocenters. The van der Waals surface area contributed by atoms with Gasteiger partial charge in [-0.1, -0.05) is 6.07 Å². The average molecular weight is 281 g/mol. The zero-order chi connectivity index (χ0) is 15.3. The fourth-order valence-electron chi connectivity index (χ4n) is 1.93. The zero-order valence-corrected chi connectivity index (χ0v) is 11.5.